The second-order valence-corrected chi connectivity index (χ2v) is 6.88. The van der Waals surface area contributed by atoms with Crippen LogP contribution in [0.25, 0.3) is 0 Å². The summed E-state index contributed by atoms with van der Waals surface area (Å²) in [6.07, 6.45) is 0.855. The fourth-order valence-electron chi connectivity index (χ4n) is 1.79. The second kappa shape index (κ2) is 6.50. The van der Waals surface area contributed by atoms with Gasteiger partial charge in [0.15, 0.2) is 5.82 Å². The molecule has 104 valence electrons. The van der Waals surface area contributed by atoms with Crippen molar-refractivity contribution in [1.29, 1.82) is 0 Å². The zero-order valence-corrected chi connectivity index (χ0v) is 13.0. The van der Waals surface area contributed by atoms with Crippen molar-refractivity contribution in [2.45, 2.75) is 33.4 Å². The lowest BCUT2D eigenvalue weighted by molar-refractivity contribution is 0.261. The maximum Gasteiger partial charge on any atom is 0.240 e. The summed E-state index contributed by atoms with van der Waals surface area (Å²) >= 11 is 7.51. The fraction of sp³-hybridized carbons (Fsp3) is 0.538. The first kappa shape index (κ1) is 14.5. The smallest absolute Gasteiger partial charge is 0.240 e. The van der Waals surface area contributed by atoms with E-state index >= 15 is 0 Å². The highest BCUT2D eigenvalue weighted by molar-refractivity contribution is 7.16. The first-order valence-electron chi connectivity index (χ1n) is 6.27. The number of nitrogens with zero attached hydrogens (tertiary/aromatic N) is 3. The lowest BCUT2D eigenvalue weighted by atomic mass is 10.1. The molecule has 0 aliphatic carbocycles. The van der Waals surface area contributed by atoms with Crippen LogP contribution in [0.1, 0.15) is 30.4 Å². The van der Waals surface area contributed by atoms with E-state index in [4.69, 9.17) is 16.1 Å². The van der Waals surface area contributed by atoms with Crippen molar-refractivity contribution in [3.8, 4) is 0 Å². The Labute approximate surface area is 122 Å². The summed E-state index contributed by atoms with van der Waals surface area (Å²) in [4.78, 5) is 7.76. The summed E-state index contributed by atoms with van der Waals surface area (Å²) in [7, 11) is 2.03. The Hall–Kier alpha value is -0.910. The molecule has 0 spiro atoms. The third-order valence-electron chi connectivity index (χ3n) is 2.56. The molecule has 6 heteroatoms. The third kappa shape index (κ3) is 4.60. The van der Waals surface area contributed by atoms with Crippen LogP contribution in [0.3, 0.4) is 0 Å². The van der Waals surface area contributed by atoms with Crippen LogP contribution in [0.2, 0.25) is 4.34 Å². The van der Waals surface area contributed by atoms with Gasteiger partial charge < -0.3 is 4.52 Å². The van der Waals surface area contributed by atoms with Gasteiger partial charge in [0.05, 0.1) is 10.9 Å². The van der Waals surface area contributed by atoms with Gasteiger partial charge in [0.25, 0.3) is 0 Å². The zero-order chi connectivity index (χ0) is 13.8. The van der Waals surface area contributed by atoms with Gasteiger partial charge in [-0.15, -0.1) is 11.3 Å². The summed E-state index contributed by atoms with van der Waals surface area (Å²) in [6, 6.07) is 3.96. The molecule has 0 radical (unpaired) electrons. The average molecular weight is 300 g/mol. The molecule has 4 nitrogen and oxygen atoms in total. The minimum Gasteiger partial charge on any atom is -0.338 e. The predicted molar refractivity (Wildman–Crippen MR) is 77.3 cm³/mol. The number of rotatable bonds is 6. The largest absolute Gasteiger partial charge is 0.338 e. The van der Waals surface area contributed by atoms with E-state index in [1.807, 2.05) is 19.2 Å². The lowest BCUT2D eigenvalue weighted by Gasteiger charge is -2.12. The number of hydrogen-bond donors (Lipinski definition) is 0. The van der Waals surface area contributed by atoms with Crippen LogP contribution in [0.4, 0.5) is 0 Å². The van der Waals surface area contributed by atoms with Gasteiger partial charge in [0, 0.05) is 17.8 Å². The van der Waals surface area contributed by atoms with E-state index in [2.05, 4.69) is 28.9 Å². The Morgan fingerprint density at radius 1 is 1.37 bits per heavy atom. The number of hydrogen-bond acceptors (Lipinski definition) is 5. The Kier molecular flexibility index (Phi) is 4.96. The van der Waals surface area contributed by atoms with Gasteiger partial charge in [-0.2, -0.15) is 4.98 Å². The maximum atomic E-state index is 5.91. The molecule has 2 aromatic heterocycles. The van der Waals surface area contributed by atoms with Crippen molar-refractivity contribution in [2.24, 2.45) is 5.92 Å². The Balaban J connectivity index is 1.88. The Morgan fingerprint density at radius 2 is 2.16 bits per heavy atom. The quantitative estimate of drug-likeness (QED) is 0.817. The highest BCUT2D eigenvalue weighted by Gasteiger charge is 2.11. The fourth-order valence-corrected chi connectivity index (χ4v) is 2.96. The van der Waals surface area contributed by atoms with E-state index in [1.54, 1.807) is 11.3 Å². The van der Waals surface area contributed by atoms with Crippen molar-refractivity contribution in [1.82, 2.24) is 15.0 Å². The molecule has 2 heterocycles. The molecule has 0 aliphatic rings. The van der Waals surface area contributed by atoms with Crippen molar-refractivity contribution < 1.29 is 4.52 Å². The van der Waals surface area contributed by atoms with E-state index in [1.165, 1.54) is 4.88 Å². The van der Waals surface area contributed by atoms with Crippen molar-refractivity contribution in [3.63, 3.8) is 0 Å². The number of thiophene rings is 1. The molecule has 2 aromatic rings. The average Bonchev–Trinajstić information content (AvgIpc) is 2.88. The number of halogens is 1. The standard InChI is InChI=1S/C13H18ClN3OS/c1-9(2)6-12-15-13(18-16-12)8-17(3)7-10-4-5-11(14)19-10/h4-5,9H,6-8H2,1-3H3. The maximum absolute atomic E-state index is 5.91. The molecule has 0 saturated carbocycles. The molecule has 0 atom stereocenters. The van der Waals surface area contributed by atoms with Gasteiger partial charge in [-0.05, 0) is 25.1 Å². The SMILES string of the molecule is CC(C)Cc1noc(CN(C)Cc2ccc(Cl)s2)n1. The normalized spacial score (nSPS) is 11.7. The first-order valence-corrected chi connectivity index (χ1v) is 7.46. The van der Waals surface area contributed by atoms with E-state index in [-0.39, 0.29) is 0 Å². The van der Waals surface area contributed by atoms with Crippen molar-refractivity contribution >= 4 is 22.9 Å². The summed E-state index contributed by atoms with van der Waals surface area (Å²) in [5.41, 5.74) is 0. The monoisotopic (exact) mass is 299 g/mol. The van der Waals surface area contributed by atoms with Crippen LogP contribution >= 0.6 is 22.9 Å². The Morgan fingerprint density at radius 3 is 2.79 bits per heavy atom. The zero-order valence-electron chi connectivity index (χ0n) is 11.4. The minimum absolute atomic E-state index is 0.538. The molecule has 0 aliphatic heterocycles. The summed E-state index contributed by atoms with van der Waals surface area (Å²) in [5.74, 6) is 2.00. The molecular weight excluding hydrogens is 282 g/mol. The van der Waals surface area contributed by atoms with Crippen LogP contribution in [0, 0.1) is 5.92 Å². The van der Waals surface area contributed by atoms with Gasteiger partial charge in [-0.3, -0.25) is 4.90 Å². The van der Waals surface area contributed by atoms with Crippen LogP contribution in [0.15, 0.2) is 16.7 Å². The summed E-state index contributed by atoms with van der Waals surface area (Å²) in [6.45, 7) is 5.77. The highest BCUT2D eigenvalue weighted by Crippen LogP contribution is 2.22. The topological polar surface area (TPSA) is 42.2 Å². The van der Waals surface area contributed by atoms with Crippen LogP contribution in [0.5, 0.6) is 0 Å². The molecule has 0 bridgehead atoms. The van der Waals surface area contributed by atoms with Gasteiger partial charge >= 0.3 is 0 Å². The van der Waals surface area contributed by atoms with Gasteiger partial charge in [0.2, 0.25) is 5.89 Å². The molecule has 0 fully saturated rings. The van der Waals surface area contributed by atoms with Crippen LogP contribution in [-0.2, 0) is 19.5 Å². The molecule has 0 saturated heterocycles. The molecular formula is C13H18ClN3OS. The molecule has 2 rings (SSSR count). The summed E-state index contributed by atoms with van der Waals surface area (Å²) < 4.78 is 6.07. The third-order valence-corrected chi connectivity index (χ3v) is 3.78. The van der Waals surface area contributed by atoms with Crippen molar-refractivity contribution in [3.05, 3.63) is 33.1 Å². The molecule has 0 N–H and O–H groups in total. The molecule has 19 heavy (non-hydrogen) atoms. The van der Waals surface area contributed by atoms with Crippen molar-refractivity contribution in [2.75, 3.05) is 7.05 Å². The Bertz CT molecular complexity index is 523. The predicted octanol–water partition coefficient (Wildman–Crippen LogP) is 3.62. The van der Waals surface area contributed by atoms with E-state index in [9.17, 15) is 0 Å². The lowest BCUT2D eigenvalue weighted by Crippen LogP contribution is -2.16. The van der Waals surface area contributed by atoms with E-state index in [0.29, 0.717) is 18.4 Å². The van der Waals surface area contributed by atoms with Crippen LogP contribution in [-0.4, -0.2) is 22.1 Å². The number of aromatic nitrogens is 2. The molecule has 0 aromatic carbocycles. The van der Waals surface area contributed by atoms with Crippen LogP contribution < -0.4 is 0 Å². The van der Waals surface area contributed by atoms with Gasteiger partial charge in [0.1, 0.15) is 0 Å². The van der Waals surface area contributed by atoms with E-state index in [0.717, 1.165) is 23.1 Å². The second-order valence-electron chi connectivity index (χ2n) is 5.08. The minimum atomic E-state index is 0.538. The van der Waals surface area contributed by atoms with E-state index < -0.39 is 0 Å². The van der Waals surface area contributed by atoms with Gasteiger partial charge in [-0.25, -0.2) is 0 Å². The first-order chi connectivity index (χ1) is 9.02. The highest BCUT2D eigenvalue weighted by atomic mass is 35.5. The summed E-state index contributed by atoms with van der Waals surface area (Å²) in [5, 5.41) is 3.99. The molecule has 0 unspecified atom stereocenters. The molecule has 0 amide bonds. The van der Waals surface area contributed by atoms with Gasteiger partial charge in [-0.1, -0.05) is 30.6 Å².